The van der Waals surface area contributed by atoms with Gasteiger partial charge in [-0.3, -0.25) is 0 Å². The molecule has 0 saturated carbocycles. The highest BCUT2D eigenvalue weighted by molar-refractivity contribution is 7.89. The topological polar surface area (TPSA) is 104 Å². The molecule has 0 bridgehead atoms. The number of rotatable bonds is 6. The van der Waals surface area contributed by atoms with E-state index < -0.39 is 21.6 Å². The molecule has 0 aliphatic carbocycles. The van der Waals surface area contributed by atoms with E-state index in [0.29, 0.717) is 12.0 Å². The molecule has 0 radical (unpaired) electrons. The Balaban J connectivity index is 3.08. The van der Waals surface area contributed by atoms with Crippen molar-refractivity contribution in [3.8, 4) is 0 Å². The lowest BCUT2D eigenvalue weighted by atomic mass is 10.1. The minimum Gasteiger partial charge on any atom is -0.477 e. The number of carbonyl (C=O) groups is 1. The molecule has 1 atom stereocenters. The predicted molar refractivity (Wildman–Crippen MR) is 72.1 cm³/mol. The summed E-state index contributed by atoms with van der Waals surface area (Å²) in [7, 11) is -3.95. The zero-order chi connectivity index (χ0) is 14.8. The van der Waals surface area contributed by atoms with Crippen molar-refractivity contribution < 1.29 is 23.4 Å². The first-order valence-corrected chi connectivity index (χ1v) is 8.00. The number of sulfonamides is 1. The molecule has 0 aromatic carbocycles. The number of hydrogen-bond acceptors (Lipinski definition) is 5. The van der Waals surface area contributed by atoms with E-state index in [1.807, 2.05) is 0 Å². The maximum absolute atomic E-state index is 12.1. The molecule has 3 N–H and O–H groups in total. The Hall–Kier alpha value is -0.960. The maximum atomic E-state index is 12.1. The van der Waals surface area contributed by atoms with E-state index in [9.17, 15) is 18.3 Å². The van der Waals surface area contributed by atoms with E-state index in [4.69, 9.17) is 5.11 Å². The van der Waals surface area contributed by atoms with Crippen molar-refractivity contribution in [2.45, 2.75) is 37.7 Å². The van der Waals surface area contributed by atoms with Gasteiger partial charge in [0, 0.05) is 6.54 Å². The standard InChI is InChI=1S/C11H17NO5S2/c1-4-11(3,15)6-12-19(16,17)9-7(2)5-18-8(9)10(13)14/h5,12,15H,4,6H2,1-3H3,(H,13,14). The van der Waals surface area contributed by atoms with Gasteiger partial charge in [0.05, 0.1) is 5.60 Å². The third-order valence-electron chi connectivity index (χ3n) is 2.79. The van der Waals surface area contributed by atoms with E-state index in [1.54, 1.807) is 6.92 Å². The van der Waals surface area contributed by atoms with Crippen molar-refractivity contribution in [2.24, 2.45) is 0 Å². The number of aromatic carboxylic acids is 1. The highest BCUT2D eigenvalue weighted by atomic mass is 32.2. The van der Waals surface area contributed by atoms with Crippen molar-refractivity contribution in [3.63, 3.8) is 0 Å². The van der Waals surface area contributed by atoms with E-state index in [0.717, 1.165) is 11.3 Å². The van der Waals surface area contributed by atoms with Crippen molar-refractivity contribution in [2.75, 3.05) is 6.54 Å². The van der Waals surface area contributed by atoms with Crippen molar-refractivity contribution in [3.05, 3.63) is 15.8 Å². The number of thiophene rings is 1. The fourth-order valence-electron chi connectivity index (χ4n) is 1.36. The SMILES string of the molecule is CCC(C)(O)CNS(=O)(=O)c1c(C)csc1C(=O)O. The molecule has 1 heterocycles. The summed E-state index contributed by atoms with van der Waals surface area (Å²) >= 11 is 0.869. The predicted octanol–water partition coefficient (Wildman–Crippen LogP) is 1.19. The normalized spacial score (nSPS) is 15.2. The highest BCUT2D eigenvalue weighted by Gasteiger charge is 2.29. The van der Waals surface area contributed by atoms with Crippen LogP contribution in [0.1, 0.15) is 35.5 Å². The van der Waals surface area contributed by atoms with Crippen LogP contribution >= 0.6 is 11.3 Å². The lowest BCUT2D eigenvalue weighted by molar-refractivity contribution is 0.0613. The molecule has 8 heteroatoms. The summed E-state index contributed by atoms with van der Waals surface area (Å²) < 4.78 is 26.5. The Morgan fingerprint density at radius 3 is 2.58 bits per heavy atom. The average Bonchev–Trinajstić information content (AvgIpc) is 2.70. The summed E-state index contributed by atoms with van der Waals surface area (Å²) in [5.41, 5.74) is -0.786. The maximum Gasteiger partial charge on any atom is 0.347 e. The number of hydrogen-bond donors (Lipinski definition) is 3. The van der Waals surface area contributed by atoms with Gasteiger partial charge in [0.1, 0.15) is 9.77 Å². The smallest absolute Gasteiger partial charge is 0.347 e. The van der Waals surface area contributed by atoms with E-state index in [1.165, 1.54) is 19.2 Å². The summed E-state index contributed by atoms with van der Waals surface area (Å²) in [6.45, 7) is 4.61. The molecule has 1 aromatic heterocycles. The quantitative estimate of drug-likeness (QED) is 0.732. The van der Waals surface area contributed by atoms with Crippen molar-refractivity contribution in [1.82, 2.24) is 4.72 Å². The number of aliphatic hydroxyl groups is 1. The molecular weight excluding hydrogens is 290 g/mol. The first kappa shape index (κ1) is 16.1. The first-order valence-electron chi connectivity index (χ1n) is 5.64. The second-order valence-electron chi connectivity index (χ2n) is 4.56. The van der Waals surface area contributed by atoms with Crippen LogP contribution in [0, 0.1) is 6.92 Å². The van der Waals surface area contributed by atoms with Gasteiger partial charge >= 0.3 is 5.97 Å². The molecule has 0 amide bonds. The Labute approximate surface area is 116 Å². The van der Waals surface area contributed by atoms with Gasteiger partial charge in [0.15, 0.2) is 0 Å². The Morgan fingerprint density at radius 1 is 1.53 bits per heavy atom. The molecular formula is C11H17NO5S2. The van der Waals surface area contributed by atoms with Crippen LogP contribution in [0.3, 0.4) is 0 Å². The zero-order valence-electron chi connectivity index (χ0n) is 10.9. The van der Waals surface area contributed by atoms with Crippen LogP contribution in [0.4, 0.5) is 0 Å². The second-order valence-corrected chi connectivity index (χ2v) is 7.14. The third kappa shape index (κ3) is 3.75. The van der Waals surface area contributed by atoms with E-state index in [2.05, 4.69) is 4.72 Å². The minimum atomic E-state index is -3.95. The zero-order valence-corrected chi connectivity index (χ0v) is 12.6. The summed E-state index contributed by atoms with van der Waals surface area (Å²) in [6.07, 6.45) is 0.379. The molecule has 0 fully saturated rings. The molecule has 1 aromatic rings. The van der Waals surface area contributed by atoms with Crippen LogP contribution in [-0.4, -0.2) is 36.7 Å². The van der Waals surface area contributed by atoms with Crippen LogP contribution in [0.25, 0.3) is 0 Å². The summed E-state index contributed by atoms with van der Waals surface area (Å²) in [6, 6.07) is 0. The first-order chi connectivity index (χ1) is 8.60. The van der Waals surface area contributed by atoms with Crippen molar-refractivity contribution in [1.29, 1.82) is 0 Å². The van der Waals surface area contributed by atoms with E-state index in [-0.39, 0.29) is 16.3 Å². The monoisotopic (exact) mass is 307 g/mol. The van der Waals surface area contributed by atoms with Crippen LogP contribution in [0.15, 0.2) is 10.3 Å². The van der Waals surface area contributed by atoms with Gasteiger partial charge in [-0.1, -0.05) is 6.92 Å². The van der Waals surface area contributed by atoms with Gasteiger partial charge in [-0.15, -0.1) is 11.3 Å². The third-order valence-corrected chi connectivity index (χ3v) is 5.59. The number of aryl methyl sites for hydroxylation is 1. The summed E-state index contributed by atoms with van der Waals surface area (Å²) in [5, 5.41) is 20.3. The van der Waals surface area contributed by atoms with Crippen molar-refractivity contribution >= 4 is 27.3 Å². The van der Waals surface area contributed by atoms with Gasteiger partial charge in [-0.25, -0.2) is 17.9 Å². The van der Waals surface area contributed by atoms with Gasteiger partial charge in [0.2, 0.25) is 10.0 Å². The summed E-state index contributed by atoms with van der Waals surface area (Å²) in [4.78, 5) is 10.6. The number of carboxylic acids is 1. The van der Waals surface area contributed by atoms with Gasteiger partial charge in [-0.2, -0.15) is 0 Å². The highest BCUT2D eigenvalue weighted by Crippen LogP contribution is 2.26. The minimum absolute atomic E-state index is 0.166. The Bertz CT molecular complexity index is 574. The average molecular weight is 307 g/mol. The molecule has 108 valence electrons. The van der Waals surface area contributed by atoms with Crippen LogP contribution < -0.4 is 4.72 Å². The molecule has 6 nitrogen and oxygen atoms in total. The molecule has 0 spiro atoms. The van der Waals surface area contributed by atoms with Gasteiger partial charge in [-0.05, 0) is 31.2 Å². The summed E-state index contributed by atoms with van der Waals surface area (Å²) in [5.74, 6) is -1.28. The molecule has 1 rings (SSSR count). The lowest BCUT2D eigenvalue weighted by Gasteiger charge is -2.21. The molecule has 0 saturated heterocycles. The van der Waals surface area contributed by atoms with Gasteiger partial charge < -0.3 is 10.2 Å². The molecule has 1 unspecified atom stereocenters. The second kappa shape index (κ2) is 5.58. The van der Waals surface area contributed by atoms with E-state index >= 15 is 0 Å². The Kier molecular flexibility index (Phi) is 4.72. The fraction of sp³-hybridized carbons (Fsp3) is 0.545. The Morgan fingerprint density at radius 2 is 2.11 bits per heavy atom. The van der Waals surface area contributed by atoms with Crippen LogP contribution in [0.5, 0.6) is 0 Å². The lowest BCUT2D eigenvalue weighted by Crippen LogP contribution is -2.40. The molecule has 0 aliphatic heterocycles. The van der Waals surface area contributed by atoms with Crippen LogP contribution in [0.2, 0.25) is 0 Å². The number of carboxylic acid groups (broad SMARTS) is 1. The fourth-order valence-corrected chi connectivity index (χ4v) is 4.15. The van der Waals surface area contributed by atoms with Gasteiger partial charge in [0.25, 0.3) is 0 Å². The molecule has 19 heavy (non-hydrogen) atoms. The largest absolute Gasteiger partial charge is 0.477 e. The molecule has 0 aliphatic rings. The van der Waals surface area contributed by atoms with Crippen LogP contribution in [-0.2, 0) is 10.0 Å². The number of nitrogens with one attached hydrogen (secondary N) is 1.